The van der Waals surface area contributed by atoms with Gasteiger partial charge in [0.25, 0.3) is 5.91 Å². The second-order valence-electron chi connectivity index (χ2n) is 5.62. The van der Waals surface area contributed by atoms with Crippen molar-refractivity contribution >= 4 is 11.7 Å². The van der Waals surface area contributed by atoms with Crippen molar-refractivity contribution in [3.8, 4) is 0 Å². The number of amides is 1. The number of carbonyl (C=O) groups excluding carboxylic acids is 1. The third-order valence-corrected chi connectivity index (χ3v) is 3.82. The molecule has 1 saturated heterocycles. The average Bonchev–Trinajstić information content (AvgIpc) is 2.55. The fourth-order valence-electron chi connectivity index (χ4n) is 2.75. The van der Waals surface area contributed by atoms with Gasteiger partial charge in [0.2, 0.25) is 0 Å². The number of hydrogen-bond donors (Lipinski definition) is 0. The van der Waals surface area contributed by atoms with E-state index >= 15 is 0 Å². The number of hydrogen-bond acceptors (Lipinski definition) is 4. The third-order valence-electron chi connectivity index (χ3n) is 3.82. The van der Waals surface area contributed by atoms with Crippen molar-refractivity contribution in [2.45, 2.75) is 46.0 Å². The van der Waals surface area contributed by atoms with Crippen LogP contribution in [0.4, 0.5) is 5.82 Å². The summed E-state index contributed by atoms with van der Waals surface area (Å²) in [4.78, 5) is 16.5. The molecule has 1 aromatic heterocycles. The fourth-order valence-corrected chi connectivity index (χ4v) is 2.75. The minimum absolute atomic E-state index is 0.00334. The summed E-state index contributed by atoms with van der Waals surface area (Å²) in [6.07, 6.45) is 5.64. The molecule has 5 heteroatoms. The van der Waals surface area contributed by atoms with Gasteiger partial charge in [-0.1, -0.05) is 13.8 Å². The Morgan fingerprint density at radius 3 is 2.29 bits per heavy atom. The molecule has 1 aliphatic rings. The van der Waals surface area contributed by atoms with Crippen molar-refractivity contribution in [3.63, 3.8) is 0 Å². The van der Waals surface area contributed by atoms with Crippen LogP contribution in [0.1, 0.15) is 56.4 Å². The highest BCUT2D eigenvalue weighted by molar-refractivity contribution is 5.92. The molecule has 0 radical (unpaired) electrons. The number of rotatable bonds is 6. The molecule has 1 aromatic rings. The highest BCUT2D eigenvalue weighted by Gasteiger charge is 2.18. The second kappa shape index (κ2) is 7.96. The smallest absolute Gasteiger partial charge is 0.274 e. The maximum Gasteiger partial charge on any atom is 0.274 e. The molecule has 2 heterocycles. The molecule has 1 amide bonds. The summed E-state index contributed by atoms with van der Waals surface area (Å²) in [6, 6.07) is 3.75. The van der Waals surface area contributed by atoms with E-state index in [9.17, 15) is 4.79 Å². The normalized spacial score (nSPS) is 15.0. The molecule has 21 heavy (non-hydrogen) atoms. The topological polar surface area (TPSA) is 49.3 Å². The van der Waals surface area contributed by atoms with E-state index in [-0.39, 0.29) is 5.91 Å². The SMILES string of the molecule is CCCN(CCC)C(=O)c1ccc(N2CCCCC2)nn1. The molecule has 5 nitrogen and oxygen atoms in total. The van der Waals surface area contributed by atoms with Crippen molar-refractivity contribution in [3.05, 3.63) is 17.8 Å². The van der Waals surface area contributed by atoms with Gasteiger partial charge in [0, 0.05) is 26.2 Å². The summed E-state index contributed by atoms with van der Waals surface area (Å²) >= 11 is 0. The van der Waals surface area contributed by atoms with Crippen LogP contribution in [0, 0.1) is 0 Å². The summed E-state index contributed by atoms with van der Waals surface area (Å²) in [5.41, 5.74) is 0.456. The molecule has 0 saturated carbocycles. The van der Waals surface area contributed by atoms with Gasteiger partial charge in [0.15, 0.2) is 11.5 Å². The van der Waals surface area contributed by atoms with E-state index in [0.717, 1.165) is 44.8 Å². The van der Waals surface area contributed by atoms with Crippen molar-refractivity contribution in [2.24, 2.45) is 0 Å². The number of carbonyl (C=O) groups is 1. The molecular weight excluding hydrogens is 264 g/mol. The summed E-state index contributed by atoms with van der Waals surface area (Å²) in [5.74, 6) is 0.889. The minimum Gasteiger partial charge on any atom is -0.355 e. The van der Waals surface area contributed by atoms with Gasteiger partial charge in [-0.2, -0.15) is 0 Å². The maximum absolute atomic E-state index is 12.4. The van der Waals surface area contributed by atoms with Crippen molar-refractivity contribution in [1.29, 1.82) is 0 Å². The summed E-state index contributed by atoms with van der Waals surface area (Å²) in [6.45, 7) is 7.81. The van der Waals surface area contributed by atoms with Gasteiger partial charge in [-0.25, -0.2) is 0 Å². The molecule has 2 rings (SSSR count). The van der Waals surface area contributed by atoms with E-state index in [1.807, 2.05) is 17.0 Å². The van der Waals surface area contributed by atoms with Crippen LogP contribution >= 0.6 is 0 Å². The van der Waals surface area contributed by atoms with Crippen LogP contribution in [0.15, 0.2) is 12.1 Å². The zero-order valence-corrected chi connectivity index (χ0v) is 13.2. The lowest BCUT2D eigenvalue weighted by Gasteiger charge is -2.27. The number of anilines is 1. The van der Waals surface area contributed by atoms with Gasteiger partial charge in [0.05, 0.1) is 0 Å². The van der Waals surface area contributed by atoms with E-state index < -0.39 is 0 Å². The van der Waals surface area contributed by atoms with Gasteiger partial charge < -0.3 is 9.80 Å². The number of piperidine rings is 1. The lowest BCUT2D eigenvalue weighted by molar-refractivity contribution is 0.0748. The Balaban J connectivity index is 2.04. The predicted molar refractivity (Wildman–Crippen MR) is 84.6 cm³/mol. The average molecular weight is 290 g/mol. The van der Waals surface area contributed by atoms with Crippen LogP contribution in [0.3, 0.4) is 0 Å². The molecule has 0 atom stereocenters. The molecular formula is C16H26N4O. The minimum atomic E-state index is -0.00334. The highest BCUT2D eigenvalue weighted by atomic mass is 16.2. The maximum atomic E-state index is 12.4. The van der Waals surface area contributed by atoms with Crippen molar-refractivity contribution < 1.29 is 4.79 Å². The molecule has 0 aliphatic carbocycles. The summed E-state index contributed by atoms with van der Waals surface area (Å²) in [5, 5.41) is 8.41. The molecule has 1 aliphatic heterocycles. The first kappa shape index (κ1) is 15.7. The molecule has 116 valence electrons. The largest absolute Gasteiger partial charge is 0.355 e. The van der Waals surface area contributed by atoms with Gasteiger partial charge in [-0.3, -0.25) is 4.79 Å². The van der Waals surface area contributed by atoms with E-state index in [4.69, 9.17) is 0 Å². The first-order chi connectivity index (χ1) is 10.3. The van der Waals surface area contributed by atoms with Crippen LogP contribution in [-0.4, -0.2) is 47.2 Å². The lowest BCUT2D eigenvalue weighted by atomic mass is 10.1. The Morgan fingerprint density at radius 2 is 1.76 bits per heavy atom. The molecule has 1 fully saturated rings. The van der Waals surface area contributed by atoms with E-state index in [1.54, 1.807) is 0 Å². The Labute approximate surface area is 127 Å². The Morgan fingerprint density at radius 1 is 1.10 bits per heavy atom. The summed E-state index contributed by atoms with van der Waals surface area (Å²) < 4.78 is 0. The van der Waals surface area contributed by atoms with Crippen LogP contribution in [-0.2, 0) is 0 Å². The highest BCUT2D eigenvalue weighted by Crippen LogP contribution is 2.17. The molecule has 0 N–H and O–H groups in total. The zero-order chi connectivity index (χ0) is 15.1. The van der Waals surface area contributed by atoms with Crippen LogP contribution < -0.4 is 4.90 Å². The van der Waals surface area contributed by atoms with Gasteiger partial charge in [-0.15, -0.1) is 10.2 Å². The number of nitrogens with zero attached hydrogens (tertiary/aromatic N) is 4. The molecule has 0 bridgehead atoms. The summed E-state index contributed by atoms with van der Waals surface area (Å²) in [7, 11) is 0. The van der Waals surface area contributed by atoms with Gasteiger partial charge in [-0.05, 0) is 44.2 Å². The first-order valence-corrected chi connectivity index (χ1v) is 8.14. The van der Waals surface area contributed by atoms with E-state index in [1.165, 1.54) is 19.3 Å². The monoisotopic (exact) mass is 290 g/mol. The Hall–Kier alpha value is -1.65. The van der Waals surface area contributed by atoms with Gasteiger partial charge in [0.1, 0.15) is 0 Å². The quantitative estimate of drug-likeness (QED) is 0.808. The Kier molecular flexibility index (Phi) is 5.96. The predicted octanol–water partition coefficient (Wildman–Crippen LogP) is 2.73. The van der Waals surface area contributed by atoms with Crippen LogP contribution in [0.25, 0.3) is 0 Å². The van der Waals surface area contributed by atoms with Crippen molar-refractivity contribution in [1.82, 2.24) is 15.1 Å². The van der Waals surface area contributed by atoms with E-state index in [2.05, 4.69) is 28.9 Å². The molecule has 0 aromatic carbocycles. The Bertz CT molecular complexity index is 434. The molecule has 0 spiro atoms. The zero-order valence-electron chi connectivity index (χ0n) is 13.2. The van der Waals surface area contributed by atoms with E-state index in [0.29, 0.717) is 5.69 Å². The van der Waals surface area contributed by atoms with Gasteiger partial charge >= 0.3 is 0 Å². The first-order valence-electron chi connectivity index (χ1n) is 8.14. The lowest BCUT2D eigenvalue weighted by Crippen LogP contribution is -2.34. The fraction of sp³-hybridized carbons (Fsp3) is 0.688. The standard InChI is InChI=1S/C16H26N4O/c1-3-10-20(11-4-2)16(21)14-8-9-15(18-17-14)19-12-6-5-7-13-19/h8-9H,3-7,10-13H2,1-2H3. The van der Waals surface area contributed by atoms with Crippen LogP contribution in [0.5, 0.6) is 0 Å². The third kappa shape index (κ3) is 4.16. The number of aromatic nitrogens is 2. The second-order valence-corrected chi connectivity index (χ2v) is 5.62. The van der Waals surface area contributed by atoms with Crippen LogP contribution in [0.2, 0.25) is 0 Å². The molecule has 0 unspecified atom stereocenters. The van der Waals surface area contributed by atoms with Crippen molar-refractivity contribution in [2.75, 3.05) is 31.1 Å².